The topological polar surface area (TPSA) is 74.0 Å². The molecule has 0 radical (unpaired) electrons. The van der Waals surface area contributed by atoms with Crippen molar-refractivity contribution in [3.8, 4) is 0 Å². The van der Waals surface area contributed by atoms with E-state index >= 15 is 0 Å². The average molecular weight is 466 g/mol. The van der Waals surface area contributed by atoms with Crippen LogP contribution < -0.4 is 10.6 Å². The van der Waals surface area contributed by atoms with Crippen molar-refractivity contribution >= 4 is 45.9 Å². The summed E-state index contributed by atoms with van der Waals surface area (Å²) in [6.45, 7) is 0.186. The summed E-state index contributed by atoms with van der Waals surface area (Å²) in [5.74, 6) is -0.788. The standard InChI is InChI=1S/C25H21Cl2N3O2/c26-17-10-11-18(22(27)12-17)20(21-13-28-23-9-5-4-8-19(21)23)14-29-24(31)15-30-25(32)16-6-2-1-3-7-16/h1-13,20,28H,14-15H2,(H,29,31)(H,30,32). The number of aromatic nitrogens is 1. The van der Waals surface area contributed by atoms with E-state index in [2.05, 4.69) is 15.6 Å². The van der Waals surface area contributed by atoms with Gasteiger partial charge in [0.15, 0.2) is 0 Å². The Labute approximate surface area is 195 Å². The number of hydrogen-bond acceptors (Lipinski definition) is 2. The zero-order valence-electron chi connectivity index (χ0n) is 17.1. The van der Waals surface area contributed by atoms with Crippen molar-refractivity contribution in [1.29, 1.82) is 0 Å². The van der Waals surface area contributed by atoms with Gasteiger partial charge in [0.1, 0.15) is 0 Å². The Kier molecular flexibility index (Phi) is 6.78. The van der Waals surface area contributed by atoms with Crippen LogP contribution in [-0.4, -0.2) is 29.9 Å². The smallest absolute Gasteiger partial charge is 0.251 e. The zero-order valence-corrected chi connectivity index (χ0v) is 18.6. The molecule has 4 rings (SSSR count). The minimum Gasteiger partial charge on any atom is -0.361 e. The van der Waals surface area contributed by atoms with E-state index in [1.807, 2.05) is 42.6 Å². The molecule has 2 amide bonds. The molecular weight excluding hydrogens is 445 g/mol. The van der Waals surface area contributed by atoms with Crippen molar-refractivity contribution in [3.05, 3.63) is 106 Å². The van der Waals surface area contributed by atoms with E-state index < -0.39 is 0 Å². The highest BCUT2D eigenvalue weighted by molar-refractivity contribution is 6.35. The lowest BCUT2D eigenvalue weighted by Gasteiger charge is -2.20. The van der Waals surface area contributed by atoms with Crippen molar-refractivity contribution in [1.82, 2.24) is 15.6 Å². The van der Waals surface area contributed by atoms with Gasteiger partial charge in [0.2, 0.25) is 5.91 Å². The second-order valence-corrected chi connectivity index (χ2v) is 8.20. The molecule has 1 unspecified atom stereocenters. The number of hydrogen-bond donors (Lipinski definition) is 3. The number of carbonyl (C=O) groups excluding carboxylic acids is 2. The SMILES string of the molecule is O=C(CNC(=O)c1ccccc1)NCC(c1ccc(Cl)cc1Cl)c1c[nH]c2ccccc12. The van der Waals surface area contributed by atoms with E-state index in [0.29, 0.717) is 22.2 Å². The first-order valence-electron chi connectivity index (χ1n) is 10.1. The molecule has 1 atom stereocenters. The summed E-state index contributed by atoms with van der Waals surface area (Å²) in [5.41, 5.74) is 3.37. The highest BCUT2D eigenvalue weighted by Crippen LogP contribution is 2.35. The highest BCUT2D eigenvalue weighted by Gasteiger charge is 2.21. The first kappa shape index (κ1) is 21.9. The van der Waals surface area contributed by atoms with Gasteiger partial charge in [0.25, 0.3) is 5.91 Å². The lowest BCUT2D eigenvalue weighted by molar-refractivity contribution is -0.120. The summed E-state index contributed by atoms with van der Waals surface area (Å²) in [5, 5.41) is 7.69. The molecule has 0 spiro atoms. The Morgan fingerprint density at radius 1 is 0.875 bits per heavy atom. The normalized spacial score (nSPS) is 11.8. The van der Waals surface area contributed by atoms with Crippen LogP contribution in [0.4, 0.5) is 0 Å². The number of para-hydroxylation sites is 1. The van der Waals surface area contributed by atoms with Crippen LogP contribution in [0.3, 0.4) is 0 Å². The van der Waals surface area contributed by atoms with Gasteiger partial charge in [-0.1, -0.05) is 65.7 Å². The summed E-state index contributed by atoms with van der Waals surface area (Å²) in [4.78, 5) is 28.0. The second-order valence-electron chi connectivity index (χ2n) is 7.36. The first-order valence-corrected chi connectivity index (χ1v) is 10.9. The predicted octanol–water partition coefficient (Wildman–Crippen LogP) is 5.15. The fourth-order valence-electron chi connectivity index (χ4n) is 3.68. The van der Waals surface area contributed by atoms with Gasteiger partial charge < -0.3 is 15.6 Å². The van der Waals surface area contributed by atoms with Crippen molar-refractivity contribution < 1.29 is 9.59 Å². The lowest BCUT2D eigenvalue weighted by Crippen LogP contribution is -2.38. The van der Waals surface area contributed by atoms with Gasteiger partial charge in [0, 0.05) is 45.2 Å². The van der Waals surface area contributed by atoms with Crippen LogP contribution in [0.25, 0.3) is 10.9 Å². The number of carbonyl (C=O) groups is 2. The minimum atomic E-state index is -0.297. The van der Waals surface area contributed by atoms with E-state index in [4.69, 9.17) is 23.2 Å². The van der Waals surface area contributed by atoms with Crippen LogP contribution in [0.2, 0.25) is 10.0 Å². The van der Waals surface area contributed by atoms with Gasteiger partial charge in [0.05, 0.1) is 6.54 Å². The molecule has 7 heteroatoms. The van der Waals surface area contributed by atoms with Crippen LogP contribution in [0.15, 0.2) is 79.0 Å². The molecule has 0 saturated heterocycles. The summed E-state index contributed by atoms with van der Waals surface area (Å²) in [6.07, 6.45) is 1.93. The summed E-state index contributed by atoms with van der Waals surface area (Å²) < 4.78 is 0. The molecule has 0 aliphatic heterocycles. The van der Waals surface area contributed by atoms with Gasteiger partial charge in [-0.2, -0.15) is 0 Å². The molecule has 3 aromatic carbocycles. The van der Waals surface area contributed by atoms with E-state index in [-0.39, 0.29) is 24.3 Å². The fourth-order valence-corrected chi connectivity index (χ4v) is 4.22. The number of nitrogens with one attached hydrogen (secondary N) is 3. The van der Waals surface area contributed by atoms with Crippen LogP contribution in [0, 0.1) is 0 Å². The van der Waals surface area contributed by atoms with Gasteiger partial charge in [-0.3, -0.25) is 9.59 Å². The average Bonchev–Trinajstić information content (AvgIpc) is 3.23. The van der Waals surface area contributed by atoms with Gasteiger partial charge in [-0.05, 0) is 41.5 Å². The van der Waals surface area contributed by atoms with Crippen LogP contribution in [0.1, 0.15) is 27.4 Å². The van der Waals surface area contributed by atoms with Gasteiger partial charge in [-0.25, -0.2) is 0 Å². The molecule has 32 heavy (non-hydrogen) atoms. The number of rotatable bonds is 7. The Morgan fingerprint density at radius 2 is 1.62 bits per heavy atom. The molecule has 0 fully saturated rings. The molecule has 5 nitrogen and oxygen atoms in total. The van der Waals surface area contributed by atoms with E-state index in [9.17, 15) is 9.59 Å². The largest absolute Gasteiger partial charge is 0.361 e. The van der Waals surface area contributed by atoms with E-state index in [0.717, 1.165) is 22.0 Å². The number of aromatic amines is 1. The maximum Gasteiger partial charge on any atom is 0.251 e. The molecule has 4 aromatic rings. The summed E-state index contributed by atoms with van der Waals surface area (Å²) in [6, 6.07) is 22.1. The highest BCUT2D eigenvalue weighted by atomic mass is 35.5. The van der Waals surface area contributed by atoms with E-state index in [1.165, 1.54) is 0 Å². The fraction of sp³-hybridized carbons (Fsp3) is 0.120. The molecule has 0 aliphatic rings. The lowest BCUT2D eigenvalue weighted by atomic mass is 9.90. The van der Waals surface area contributed by atoms with Crippen LogP contribution in [-0.2, 0) is 4.79 Å². The van der Waals surface area contributed by atoms with Gasteiger partial charge >= 0.3 is 0 Å². The Bertz CT molecular complexity index is 1250. The number of benzene rings is 3. The Hall–Kier alpha value is -3.28. The molecule has 3 N–H and O–H groups in total. The molecule has 1 heterocycles. The number of fused-ring (bicyclic) bond motifs is 1. The minimum absolute atomic E-state index is 0.122. The first-order chi connectivity index (χ1) is 15.5. The number of amides is 2. The monoisotopic (exact) mass is 465 g/mol. The zero-order chi connectivity index (χ0) is 22.5. The van der Waals surface area contributed by atoms with Crippen molar-refractivity contribution in [3.63, 3.8) is 0 Å². The summed E-state index contributed by atoms with van der Waals surface area (Å²) >= 11 is 12.6. The molecule has 0 bridgehead atoms. The van der Waals surface area contributed by atoms with E-state index in [1.54, 1.807) is 36.4 Å². The molecule has 0 saturated carbocycles. The third kappa shape index (κ3) is 4.96. The number of H-pyrrole nitrogens is 1. The third-order valence-corrected chi connectivity index (χ3v) is 5.85. The predicted molar refractivity (Wildman–Crippen MR) is 128 cm³/mol. The molecule has 0 aliphatic carbocycles. The molecule has 1 aromatic heterocycles. The number of halogens is 2. The van der Waals surface area contributed by atoms with Crippen molar-refractivity contribution in [2.24, 2.45) is 0 Å². The second kappa shape index (κ2) is 9.90. The molecule has 162 valence electrons. The Morgan fingerprint density at radius 3 is 2.41 bits per heavy atom. The third-order valence-electron chi connectivity index (χ3n) is 5.28. The maximum absolute atomic E-state index is 12.5. The quantitative estimate of drug-likeness (QED) is 0.352. The maximum atomic E-state index is 12.5. The Balaban J connectivity index is 1.51. The van der Waals surface area contributed by atoms with Gasteiger partial charge in [-0.15, -0.1) is 0 Å². The molecular formula is C25H21Cl2N3O2. The van der Waals surface area contributed by atoms with Crippen molar-refractivity contribution in [2.75, 3.05) is 13.1 Å². The van der Waals surface area contributed by atoms with Crippen LogP contribution >= 0.6 is 23.2 Å². The van der Waals surface area contributed by atoms with Crippen LogP contribution in [0.5, 0.6) is 0 Å². The van der Waals surface area contributed by atoms with Crippen molar-refractivity contribution in [2.45, 2.75) is 5.92 Å². The summed E-state index contributed by atoms with van der Waals surface area (Å²) in [7, 11) is 0.